The number of rotatable bonds is 2. The maximum absolute atomic E-state index is 11.9. The first-order chi connectivity index (χ1) is 15.2. The van der Waals surface area contributed by atoms with Gasteiger partial charge in [0.1, 0.15) is 16.6 Å². The summed E-state index contributed by atoms with van der Waals surface area (Å²) in [6.07, 6.45) is -1.08. The van der Waals surface area contributed by atoms with E-state index < -0.39 is 11.7 Å². The van der Waals surface area contributed by atoms with Crippen LogP contribution in [0.25, 0.3) is 0 Å². The Morgan fingerprint density at radius 2 is 1.28 bits per heavy atom. The number of aromatic nitrogens is 4. The van der Waals surface area contributed by atoms with Crippen LogP contribution in [0.3, 0.4) is 0 Å². The normalized spacial score (nSPS) is 17.0. The first-order valence-corrected chi connectivity index (χ1v) is 12.0. The molecule has 2 amide bonds. The minimum atomic E-state index is -0.845. The third kappa shape index (κ3) is 6.88. The Morgan fingerprint density at radius 1 is 0.844 bits per heavy atom. The average Bonchev–Trinajstić information content (AvgIpc) is 3.48. The molecule has 2 fully saturated rings. The van der Waals surface area contributed by atoms with Crippen LogP contribution >= 0.6 is 22.7 Å². The largest absolute Gasteiger partial charge is 0.465 e. The van der Waals surface area contributed by atoms with E-state index in [0.717, 1.165) is 23.4 Å². The molecular formula is C18H28N8O4S2. The molecule has 2 aliphatic rings. The van der Waals surface area contributed by atoms with Gasteiger partial charge in [-0.3, -0.25) is 0 Å². The minimum Gasteiger partial charge on any atom is -0.465 e. The highest BCUT2D eigenvalue weighted by atomic mass is 32.1. The van der Waals surface area contributed by atoms with Gasteiger partial charge in [-0.15, -0.1) is 20.4 Å². The zero-order valence-electron chi connectivity index (χ0n) is 18.4. The number of ether oxygens (including phenoxy) is 1. The molecule has 4 heterocycles. The van der Waals surface area contributed by atoms with Crippen molar-refractivity contribution in [2.24, 2.45) is 0 Å². The fraction of sp³-hybridized carbons (Fsp3) is 0.667. The predicted molar refractivity (Wildman–Crippen MR) is 122 cm³/mol. The van der Waals surface area contributed by atoms with Crippen LogP contribution in [-0.4, -0.2) is 105 Å². The molecule has 0 bridgehead atoms. The molecule has 2 aliphatic heterocycles. The van der Waals surface area contributed by atoms with E-state index in [1.165, 1.54) is 27.6 Å². The maximum atomic E-state index is 11.9. The highest BCUT2D eigenvalue weighted by molar-refractivity contribution is 7.13. The Bertz CT molecular complexity index is 843. The van der Waals surface area contributed by atoms with Crippen molar-refractivity contribution < 1.29 is 19.4 Å². The number of nitrogens with zero attached hydrogens (tertiary/aromatic N) is 8. The fourth-order valence-corrected chi connectivity index (χ4v) is 4.33. The number of carbonyl (C=O) groups excluding carboxylic acids is 1. The van der Waals surface area contributed by atoms with Gasteiger partial charge >= 0.3 is 12.2 Å². The van der Waals surface area contributed by atoms with Gasteiger partial charge in [0.05, 0.1) is 0 Å². The van der Waals surface area contributed by atoms with Crippen LogP contribution in [0.15, 0.2) is 11.0 Å². The minimum absolute atomic E-state index is 0.237. The molecule has 0 aliphatic carbocycles. The van der Waals surface area contributed by atoms with E-state index in [1.54, 1.807) is 15.9 Å². The summed E-state index contributed by atoms with van der Waals surface area (Å²) < 4.78 is 5.35. The molecule has 12 nitrogen and oxygen atoms in total. The molecule has 1 N–H and O–H groups in total. The predicted octanol–water partition coefficient (Wildman–Crippen LogP) is 1.93. The van der Waals surface area contributed by atoms with Crippen LogP contribution in [0.4, 0.5) is 19.9 Å². The fourth-order valence-electron chi connectivity index (χ4n) is 3.11. The number of anilines is 2. The van der Waals surface area contributed by atoms with Crippen molar-refractivity contribution in [3.63, 3.8) is 0 Å². The molecule has 0 atom stereocenters. The maximum Gasteiger partial charge on any atom is 0.410 e. The number of carboxylic acid groups (broad SMARTS) is 1. The van der Waals surface area contributed by atoms with Crippen LogP contribution in [0.5, 0.6) is 0 Å². The van der Waals surface area contributed by atoms with Gasteiger partial charge in [0.15, 0.2) is 0 Å². The Kier molecular flexibility index (Phi) is 8.01. The summed E-state index contributed by atoms with van der Waals surface area (Å²) in [5.74, 6) is 0. The quantitative estimate of drug-likeness (QED) is 0.675. The molecule has 4 rings (SSSR count). The second-order valence-corrected chi connectivity index (χ2v) is 9.78. The second-order valence-electron chi connectivity index (χ2n) is 8.15. The van der Waals surface area contributed by atoms with Gasteiger partial charge in [-0.05, 0) is 20.8 Å². The SMILES string of the molecule is CC(C)(C)OC(=O)N1CCN(c2nncs2)CC1.O=C(O)N1CCN(c2nncs2)CC1. The lowest BCUT2D eigenvalue weighted by atomic mass is 10.2. The number of hydrogen-bond donors (Lipinski definition) is 1. The topological polar surface area (TPSA) is 128 Å². The molecule has 2 saturated heterocycles. The standard InChI is InChI=1S/C11H18N4O2S.C7H10N4O2S/c1-11(2,3)17-10(16)15-6-4-14(5-7-15)9-13-12-8-18-9;12-7(13)11-3-1-10(2-4-11)6-9-8-5-14-6/h8H,4-7H2,1-3H3;5H,1-4H2,(H,12,13). The summed E-state index contributed by atoms with van der Waals surface area (Å²) in [6.45, 7) is 11.0. The first-order valence-electron chi connectivity index (χ1n) is 10.2. The molecule has 0 spiro atoms. The van der Waals surface area contributed by atoms with E-state index in [2.05, 4.69) is 30.2 Å². The second kappa shape index (κ2) is 10.7. The van der Waals surface area contributed by atoms with E-state index in [-0.39, 0.29) is 6.09 Å². The third-order valence-electron chi connectivity index (χ3n) is 4.72. The van der Waals surface area contributed by atoms with Gasteiger partial charge in [0.25, 0.3) is 0 Å². The molecule has 176 valence electrons. The number of hydrogen-bond acceptors (Lipinski definition) is 11. The van der Waals surface area contributed by atoms with Crippen molar-refractivity contribution in [3.8, 4) is 0 Å². The lowest BCUT2D eigenvalue weighted by Crippen LogP contribution is -2.50. The molecule has 2 aromatic heterocycles. The summed E-state index contributed by atoms with van der Waals surface area (Å²) in [5, 5.41) is 26.1. The Balaban J connectivity index is 0.000000186. The zero-order chi connectivity index (χ0) is 23.1. The highest BCUT2D eigenvalue weighted by Gasteiger charge is 2.26. The van der Waals surface area contributed by atoms with Gasteiger partial charge in [-0.1, -0.05) is 22.7 Å². The Hall–Kier alpha value is -2.74. The molecule has 2 aromatic rings. The van der Waals surface area contributed by atoms with E-state index in [0.29, 0.717) is 39.3 Å². The third-order valence-corrected chi connectivity index (χ3v) is 6.22. The van der Waals surface area contributed by atoms with E-state index in [9.17, 15) is 9.59 Å². The van der Waals surface area contributed by atoms with Crippen LogP contribution in [0, 0.1) is 0 Å². The Labute approximate surface area is 194 Å². The summed E-state index contributed by atoms with van der Waals surface area (Å²) in [5.41, 5.74) is 2.96. The van der Waals surface area contributed by atoms with Crippen molar-refractivity contribution in [2.45, 2.75) is 26.4 Å². The average molecular weight is 485 g/mol. The van der Waals surface area contributed by atoms with Crippen molar-refractivity contribution >= 4 is 45.1 Å². The van der Waals surface area contributed by atoms with Gasteiger partial charge in [0, 0.05) is 52.4 Å². The summed E-state index contributed by atoms with van der Waals surface area (Å²) >= 11 is 2.99. The Morgan fingerprint density at radius 3 is 1.62 bits per heavy atom. The molecule has 0 unspecified atom stereocenters. The zero-order valence-corrected chi connectivity index (χ0v) is 20.0. The summed E-state index contributed by atoms with van der Waals surface area (Å²) in [4.78, 5) is 29.8. The molecule has 0 saturated carbocycles. The van der Waals surface area contributed by atoms with Crippen molar-refractivity contribution in [2.75, 3.05) is 62.2 Å². The molecule has 0 radical (unpaired) electrons. The van der Waals surface area contributed by atoms with Crippen molar-refractivity contribution in [1.29, 1.82) is 0 Å². The van der Waals surface area contributed by atoms with E-state index >= 15 is 0 Å². The van der Waals surface area contributed by atoms with Crippen molar-refractivity contribution in [1.82, 2.24) is 30.2 Å². The first kappa shape index (κ1) is 23.9. The summed E-state index contributed by atoms with van der Waals surface area (Å²) in [7, 11) is 0. The molecule has 14 heteroatoms. The van der Waals surface area contributed by atoms with Gasteiger partial charge in [0.2, 0.25) is 10.3 Å². The molecule has 32 heavy (non-hydrogen) atoms. The monoisotopic (exact) mass is 484 g/mol. The van der Waals surface area contributed by atoms with Crippen LogP contribution in [0.2, 0.25) is 0 Å². The van der Waals surface area contributed by atoms with E-state index in [4.69, 9.17) is 9.84 Å². The number of piperazine rings is 2. The van der Waals surface area contributed by atoms with Crippen LogP contribution in [-0.2, 0) is 4.74 Å². The number of amides is 2. The van der Waals surface area contributed by atoms with Crippen molar-refractivity contribution in [3.05, 3.63) is 11.0 Å². The van der Waals surface area contributed by atoms with E-state index in [1.807, 2.05) is 20.8 Å². The highest BCUT2D eigenvalue weighted by Crippen LogP contribution is 2.19. The lowest BCUT2D eigenvalue weighted by molar-refractivity contribution is 0.0240. The number of carbonyl (C=O) groups is 2. The lowest BCUT2D eigenvalue weighted by Gasteiger charge is -2.35. The van der Waals surface area contributed by atoms with Gasteiger partial charge in [-0.2, -0.15) is 0 Å². The van der Waals surface area contributed by atoms with Crippen LogP contribution < -0.4 is 9.80 Å². The van der Waals surface area contributed by atoms with Gasteiger partial charge < -0.3 is 29.4 Å². The molecule has 0 aromatic carbocycles. The smallest absolute Gasteiger partial charge is 0.410 e. The molecular weight excluding hydrogens is 456 g/mol. The van der Waals surface area contributed by atoms with Gasteiger partial charge in [-0.25, -0.2) is 9.59 Å². The van der Waals surface area contributed by atoms with Crippen LogP contribution in [0.1, 0.15) is 20.8 Å². The summed E-state index contributed by atoms with van der Waals surface area (Å²) in [6, 6.07) is 0.